The Hall–Kier alpha value is -1.70. The lowest BCUT2D eigenvalue weighted by atomic mass is 10.1. The number of ether oxygens (including phenoxy) is 2. The fraction of sp³-hybridized carbons (Fsp3) is 0.538. The molecule has 1 aliphatic rings. The van der Waals surface area contributed by atoms with Crippen molar-refractivity contribution >= 4 is 11.4 Å². The number of hydrogen-bond acceptors (Lipinski definition) is 6. The highest BCUT2D eigenvalue weighted by molar-refractivity contribution is 5.61. The Kier molecular flexibility index (Phi) is 5.28. The predicted octanol–water partition coefficient (Wildman–Crippen LogP) is 1.97. The van der Waals surface area contributed by atoms with E-state index in [0.29, 0.717) is 13.2 Å². The largest absolute Gasteiger partial charge is 0.376 e. The average molecular weight is 281 g/mol. The van der Waals surface area contributed by atoms with E-state index in [1.807, 2.05) is 0 Å². The Morgan fingerprint density at radius 2 is 2.35 bits per heavy atom. The SMILES string of the molecule is NNc1cc(COCC2CCCCO2)ccc1[N+](=O)[O-]. The smallest absolute Gasteiger partial charge is 0.293 e. The standard InChI is InChI=1S/C13H19N3O4/c14-15-12-7-10(4-5-13(12)16(17)18)8-19-9-11-3-1-2-6-20-11/h4-5,7,11,15H,1-3,6,8-9,14H2. The van der Waals surface area contributed by atoms with Gasteiger partial charge in [0.25, 0.3) is 5.69 Å². The fourth-order valence-corrected chi connectivity index (χ4v) is 2.19. The predicted molar refractivity (Wildman–Crippen MR) is 74.2 cm³/mol. The molecule has 1 aliphatic heterocycles. The monoisotopic (exact) mass is 281 g/mol. The second kappa shape index (κ2) is 7.18. The number of nitrogen functional groups attached to an aromatic ring is 1. The summed E-state index contributed by atoms with van der Waals surface area (Å²) in [7, 11) is 0. The van der Waals surface area contributed by atoms with Gasteiger partial charge < -0.3 is 14.9 Å². The van der Waals surface area contributed by atoms with Crippen molar-refractivity contribution in [3.8, 4) is 0 Å². The fourth-order valence-electron chi connectivity index (χ4n) is 2.19. The van der Waals surface area contributed by atoms with Crippen LogP contribution in [0, 0.1) is 10.1 Å². The highest BCUT2D eigenvalue weighted by Crippen LogP contribution is 2.24. The Labute approximate surface area is 117 Å². The molecule has 1 saturated heterocycles. The molecule has 0 saturated carbocycles. The van der Waals surface area contributed by atoms with E-state index in [1.165, 1.54) is 12.5 Å². The summed E-state index contributed by atoms with van der Waals surface area (Å²) in [6.45, 7) is 1.72. The maximum Gasteiger partial charge on any atom is 0.293 e. The number of hydrazine groups is 1. The number of nitrogens with one attached hydrogen (secondary N) is 1. The summed E-state index contributed by atoms with van der Waals surface area (Å²) in [6.07, 6.45) is 3.47. The Morgan fingerprint density at radius 1 is 1.50 bits per heavy atom. The molecule has 20 heavy (non-hydrogen) atoms. The minimum atomic E-state index is -0.476. The number of rotatable bonds is 6. The number of benzene rings is 1. The van der Waals surface area contributed by atoms with E-state index in [0.717, 1.165) is 25.0 Å². The molecule has 7 nitrogen and oxygen atoms in total. The highest BCUT2D eigenvalue weighted by Gasteiger charge is 2.15. The van der Waals surface area contributed by atoms with Gasteiger partial charge in [-0.25, -0.2) is 0 Å². The van der Waals surface area contributed by atoms with Crippen LogP contribution in [-0.2, 0) is 16.1 Å². The molecule has 0 spiro atoms. The summed E-state index contributed by atoms with van der Waals surface area (Å²) >= 11 is 0. The van der Waals surface area contributed by atoms with Gasteiger partial charge in [-0.1, -0.05) is 0 Å². The van der Waals surface area contributed by atoms with Crippen molar-refractivity contribution in [1.82, 2.24) is 0 Å². The third-order valence-corrected chi connectivity index (χ3v) is 3.26. The van der Waals surface area contributed by atoms with Crippen LogP contribution in [0.3, 0.4) is 0 Å². The zero-order chi connectivity index (χ0) is 14.4. The van der Waals surface area contributed by atoms with Crippen molar-refractivity contribution in [1.29, 1.82) is 0 Å². The van der Waals surface area contributed by atoms with E-state index in [-0.39, 0.29) is 17.5 Å². The molecule has 0 aromatic heterocycles. The van der Waals surface area contributed by atoms with Crippen molar-refractivity contribution in [2.24, 2.45) is 5.84 Å². The molecule has 1 aromatic carbocycles. The van der Waals surface area contributed by atoms with Crippen LogP contribution >= 0.6 is 0 Å². The summed E-state index contributed by atoms with van der Waals surface area (Å²) in [6, 6.07) is 4.71. The molecule has 1 heterocycles. The van der Waals surface area contributed by atoms with Crippen molar-refractivity contribution in [2.45, 2.75) is 32.0 Å². The van der Waals surface area contributed by atoms with Gasteiger partial charge in [-0.3, -0.25) is 16.0 Å². The molecule has 0 bridgehead atoms. The van der Waals surface area contributed by atoms with Crippen molar-refractivity contribution < 1.29 is 14.4 Å². The summed E-state index contributed by atoms with van der Waals surface area (Å²) in [5.74, 6) is 5.29. The van der Waals surface area contributed by atoms with Gasteiger partial charge in [0.05, 0.1) is 24.2 Å². The number of nitrogens with zero attached hydrogens (tertiary/aromatic N) is 1. The van der Waals surface area contributed by atoms with Crippen molar-refractivity contribution in [3.63, 3.8) is 0 Å². The lowest BCUT2D eigenvalue weighted by Gasteiger charge is -2.22. The average Bonchev–Trinajstić information content (AvgIpc) is 2.48. The second-order valence-corrected chi connectivity index (χ2v) is 4.76. The third-order valence-electron chi connectivity index (χ3n) is 3.26. The van der Waals surface area contributed by atoms with Gasteiger partial charge in [0.2, 0.25) is 0 Å². The van der Waals surface area contributed by atoms with E-state index in [4.69, 9.17) is 15.3 Å². The van der Waals surface area contributed by atoms with Crippen LogP contribution in [0.15, 0.2) is 18.2 Å². The zero-order valence-corrected chi connectivity index (χ0v) is 11.2. The lowest BCUT2D eigenvalue weighted by Crippen LogP contribution is -2.24. The first kappa shape index (κ1) is 14.7. The van der Waals surface area contributed by atoms with E-state index in [2.05, 4.69) is 5.43 Å². The van der Waals surface area contributed by atoms with Crippen LogP contribution in [0.25, 0.3) is 0 Å². The van der Waals surface area contributed by atoms with Gasteiger partial charge in [-0.05, 0) is 37.0 Å². The van der Waals surface area contributed by atoms with Gasteiger partial charge in [0, 0.05) is 12.7 Å². The van der Waals surface area contributed by atoms with Gasteiger partial charge in [0.15, 0.2) is 0 Å². The quantitative estimate of drug-likeness (QED) is 0.470. The molecule has 1 unspecified atom stereocenters. The molecule has 1 aromatic rings. The van der Waals surface area contributed by atoms with E-state index < -0.39 is 4.92 Å². The van der Waals surface area contributed by atoms with Gasteiger partial charge in [0.1, 0.15) is 5.69 Å². The number of anilines is 1. The molecule has 7 heteroatoms. The van der Waals surface area contributed by atoms with E-state index in [9.17, 15) is 10.1 Å². The summed E-state index contributed by atoms with van der Waals surface area (Å²) in [5, 5.41) is 10.8. The van der Waals surface area contributed by atoms with Crippen LogP contribution in [0.2, 0.25) is 0 Å². The number of nitrogens with two attached hydrogens (primary N) is 1. The van der Waals surface area contributed by atoms with Crippen molar-refractivity contribution in [2.75, 3.05) is 18.6 Å². The maximum absolute atomic E-state index is 10.8. The van der Waals surface area contributed by atoms with Gasteiger partial charge in [-0.2, -0.15) is 0 Å². The van der Waals surface area contributed by atoms with Crippen LogP contribution < -0.4 is 11.3 Å². The molecular formula is C13H19N3O4. The van der Waals surface area contributed by atoms with Gasteiger partial charge >= 0.3 is 0 Å². The molecule has 3 N–H and O–H groups in total. The Balaban J connectivity index is 1.87. The Morgan fingerprint density at radius 3 is 3.00 bits per heavy atom. The summed E-state index contributed by atoms with van der Waals surface area (Å²) < 4.78 is 11.2. The first-order chi connectivity index (χ1) is 9.70. The summed E-state index contributed by atoms with van der Waals surface area (Å²) in [4.78, 5) is 10.3. The minimum Gasteiger partial charge on any atom is -0.376 e. The first-order valence-corrected chi connectivity index (χ1v) is 6.64. The second-order valence-electron chi connectivity index (χ2n) is 4.76. The third kappa shape index (κ3) is 3.89. The summed E-state index contributed by atoms with van der Waals surface area (Å²) in [5.41, 5.74) is 3.40. The van der Waals surface area contributed by atoms with Crippen LogP contribution in [0.1, 0.15) is 24.8 Å². The van der Waals surface area contributed by atoms with Crippen LogP contribution in [0.4, 0.5) is 11.4 Å². The zero-order valence-electron chi connectivity index (χ0n) is 11.2. The topological polar surface area (TPSA) is 99.7 Å². The van der Waals surface area contributed by atoms with E-state index >= 15 is 0 Å². The number of nitro groups is 1. The molecule has 2 rings (SSSR count). The molecule has 0 amide bonds. The van der Waals surface area contributed by atoms with E-state index in [1.54, 1.807) is 12.1 Å². The van der Waals surface area contributed by atoms with Crippen LogP contribution in [0.5, 0.6) is 0 Å². The molecule has 0 aliphatic carbocycles. The molecule has 110 valence electrons. The lowest BCUT2D eigenvalue weighted by molar-refractivity contribution is -0.384. The number of nitro benzene ring substituents is 1. The molecule has 1 atom stereocenters. The van der Waals surface area contributed by atoms with Crippen LogP contribution in [-0.4, -0.2) is 24.2 Å². The number of hydrogen-bond donors (Lipinski definition) is 2. The minimum absolute atomic E-state index is 0.0492. The highest BCUT2D eigenvalue weighted by atomic mass is 16.6. The molecular weight excluding hydrogens is 262 g/mol. The Bertz CT molecular complexity index is 461. The first-order valence-electron chi connectivity index (χ1n) is 6.64. The molecule has 1 fully saturated rings. The molecule has 0 radical (unpaired) electrons. The van der Waals surface area contributed by atoms with Gasteiger partial charge in [-0.15, -0.1) is 0 Å². The maximum atomic E-state index is 10.8. The normalized spacial score (nSPS) is 18.8. The van der Waals surface area contributed by atoms with Crippen molar-refractivity contribution in [3.05, 3.63) is 33.9 Å².